The predicted octanol–water partition coefficient (Wildman–Crippen LogP) is 2.46. The Balaban J connectivity index is 4.67. The van der Waals surface area contributed by atoms with E-state index in [1.54, 1.807) is 0 Å². The van der Waals surface area contributed by atoms with Crippen LogP contribution in [0.4, 0.5) is 17.6 Å². The highest BCUT2D eigenvalue weighted by Crippen LogP contribution is 2.35. The first-order valence-electron chi connectivity index (χ1n) is 4.31. The van der Waals surface area contributed by atoms with Gasteiger partial charge in [0.2, 0.25) is 0 Å². The lowest BCUT2D eigenvalue weighted by Gasteiger charge is -2.21. The van der Waals surface area contributed by atoms with Gasteiger partial charge in [0.25, 0.3) is 5.67 Å². The molecule has 0 saturated carbocycles. The van der Waals surface area contributed by atoms with E-state index in [2.05, 4.69) is 0 Å². The van der Waals surface area contributed by atoms with Gasteiger partial charge in [-0.2, -0.15) is 13.2 Å². The van der Waals surface area contributed by atoms with Crippen molar-refractivity contribution >= 4 is 11.6 Å². The molecule has 0 amide bonds. The molecule has 0 aromatic heterocycles. The molecule has 0 bridgehead atoms. The lowest BCUT2D eigenvalue weighted by atomic mass is 9.94. The van der Waals surface area contributed by atoms with Crippen LogP contribution in [0.3, 0.4) is 0 Å². The molecular formula is C9H12F4O2. The number of hydrogen-bond acceptors (Lipinski definition) is 2. The van der Waals surface area contributed by atoms with Crippen molar-refractivity contribution in [3.05, 3.63) is 0 Å². The Morgan fingerprint density at radius 2 is 1.53 bits per heavy atom. The van der Waals surface area contributed by atoms with Gasteiger partial charge in [0.1, 0.15) is 5.78 Å². The highest BCUT2D eigenvalue weighted by molar-refractivity contribution is 6.03. The maximum Gasteiger partial charge on any atom is 0.429 e. The normalized spacial score (nSPS) is 16.3. The molecule has 0 radical (unpaired) electrons. The van der Waals surface area contributed by atoms with E-state index in [-0.39, 0.29) is 6.92 Å². The van der Waals surface area contributed by atoms with Crippen LogP contribution in [-0.2, 0) is 9.59 Å². The van der Waals surface area contributed by atoms with Crippen molar-refractivity contribution in [3.8, 4) is 0 Å². The summed E-state index contributed by atoms with van der Waals surface area (Å²) in [7, 11) is 0. The third-order valence-electron chi connectivity index (χ3n) is 2.03. The first kappa shape index (κ1) is 14.1. The van der Waals surface area contributed by atoms with Crippen LogP contribution in [0, 0.1) is 5.92 Å². The van der Waals surface area contributed by atoms with E-state index in [9.17, 15) is 27.2 Å². The molecule has 0 heterocycles. The monoisotopic (exact) mass is 228 g/mol. The summed E-state index contributed by atoms with van der Waals surface area (Å²) in [5, 5.41) is 0. The summed E-state index contributed by atoms with van der Waals surface area (Å²) in [5.74, 6) is -3.03. The summed E-state index contributed by atoms with van der Waals surface area (Å²) in [6.45, 7) is 2.99. The number of ketones is 2. The quantitative estimate of drug-likeness (QED) is 0.547. The van der Waals surface area contributed by atoms with Gasteiger partial charge in [-0.3, -0.25) is 9.59 Å². The van der Waals surface area contributed by atoms with Crippen molar-refractivity contribution in [2.45, 2.75) is 39.0 Å². The fourth-order valence-corrected chi connectivity index (χ4v) is 0.686. The van der Waals surface area contributed by atoms with Crippen molar-refractivity contribution < 1.29 is 27.2 Å². The minimum Gasteiger partial charge on any atom is -0.299 e. The number of hydrogen-bond donors (Lipinski definition) is 0. The van der Waals surface area contributed by atoms with E-state index < -0.39 is 35.8 Å². The molecule has 0 fully saturated rings. The van der Waals surface area contributed by atoms with Crippen LogP contribution >= 0.6 is 0 Å². The number of alkyl halides is 4. The fraction of sp³-hybridized carbons (Fsp3) is 0.778. The molecule has 0 aromatic carbocycles. The number of rotatable bonds is 4. The topological polar surface area (TPSA) is 34.1 Å². The van der Waals surface area contributed by atoms with Crippen LogP contribution in [0.15, 0.2) is 0 Å². The predicted molar refractivity (Wildman–Crippen MR) is 45.0 cm³/mol. The Morgan fingerprint density at radius 1 is 1.13 bits per heavy atom. The Kier molecular flexibility index (Phi) is 4.01. The maximum atomic E-state index is 13.0. The van der Waals surface area contributed by atoms with E-state index in [1.165, 1.54) is 13.8 Å². The average molecular weight is 228 g/mol. The Bertz CT molecular complexity index is 266. The molecule has 0 aromatic rings. The molecule has 0 saturated heterocycles. The second-order valence-electron chi connectivity index (χ2n) is 3.72. The molecule has 0 rings (SSSR count). The van der Waals surface area contributed by atoms with Crippen LogP contribution in [0.1, 0.15) is 27.2 Å². The van der Waals surface area contributed by atoms with Crippen LogP contribution < -0.4 is 0 Å². The van der Waals surface area contributed by atoms with Gasteiger partial charge in [0, 0.05) is 5.92 Å². The first-order chi connectivity index (χ1) is 6.50. The second kappa shape index (κ2) is 4.28. The van der Waals surface area contributed by atoms with E-state index in [1.807, 2.05) is 0 Å². The zero-order valence-electron chi connectivity index (χ0n) is 8.61. The zero-order valence-corrected chi connectivity index (χ0v) is 8.61. The van der Waals surface area contributed by atoms with Crippen molar-refractivity contribution in [1.29, 1.82) is 0 Å². The highest BCUT2D eigenvalue weighted by Gasteiger charge is 2.57. The van der Waals surface area contributed by atoms with Crippen molar-refractivity contribution in [3.63, 3.8) is 0 Å². The molecule has 2 nitrogen and oxygen atoms in total. The van der Waals surface area contributed by atoms with Gasteiger partial charge in [0.05, 0.1) is 6.42 Å². The van der Waals surface area contributed by atoms with Crippen LogP contribution in [-0.4, -0.2) is 23.4 Å². The summed E-state index contributed by atoms with van der Waals surface area (Å²) in [6, 6.07) is 0. The number of carbonyl (C=O) groups excluding carboxylic acids is 2. The standard InChI is InChI=1S/C9H12F4O2/c1-5(2)6(14)4-7(15)8(3,10)9(11,12)13/h5H,4H2,1-3H3. The van der Waals surface area contributed by atoms with Crippen molar-refractivity contribution in [2.24, 2.45) is 5.92 Å². The Hall–Kier alpha value is -0.940. The van der Waals surface area contributed by atoms with Gasteiger partial charge in [-0.15, -0.1) is 0 Å². The molecule has 1 atom stereocenters. The highest BCUT2D eigenvalue weighted by atomic mass is 19.4. The fourth-order valence-electron chi connectivity index (χ4n) is 0.686. The SMILES string of the molecule is CC(C)C(=O)CC(=O)C(C)(F)C(F)(F)F. The molecule has 0 aliphatic rings. The van der Waals surface area contributed by atoms with Crippen LogP contribution in [0.25, 0.3) is 0 Å². The van der Waals surface area contributed by atoms with Gasteiger partial charge in [-0.25, -0.2) is 4.39 Å². The first-order valence-corrected chi connectivity index (χ1v) is 4.31. The zero-order chi connectivity index (χ0) is 12.4. The third-order valence-corrected chi connectivity index (χ3v) is 2.03. The van der Waals surface area contributed by atoms with E-state index >= 15 is 0 Å². The van der Waals surface area contributed by atoms with Gasteiger partial charge in [-0.05, 0) is 6.92 Å². The van der Waals surface area contributed by atoms with E-state index in [0.29, 0.717) is 0 Å². The van der Waals surface area contributed by atoms with Crippen molar-refractivity contribution in [2.75, 3.05) is 0 Å². The molecule has 0 aliphatic carbocycles. The summed E-state index contributed by atoms with van der Waals surface area (Å²) in [4.78, 5) is 21.9. The van der Waals surface area contributed by atoms with E-state index in [4.69, 9.17) is 0 Å². The molecule has 0 aliphatic heterocycles. The summed E-state index contributed by atoms with van der Waals surface area (Å²) in [5.41, 5.74) is -3.95. The van der Waals surface area contributed by atoms with Gasteiger partial charge < -0.3 is 0 Å². The number of halogens is 4. The minimum absolute atomic E-state index is 0.128. The summed E-state index contributed by atoms with van der Waals surface area (Å²) in [6.07, 6.45) is -6.30. The Morgan fingerprint density at radius 3 is 1.80 bits per heavy atom. The largest absolute Gasteiger partial charge is 0.429 e. The number of carbonyl (C=O) groups is 2. The van der Waals surface area contributed by atoms with Gasteiger partial charge >= 0.3 is 6.18 Å². The average Bonchev–Trinajstić information content (AvgIpc) is 2.01. The van der Waals surface area contributed by atoms with Gasteiger partial charge in [-0.1, -0.05) is 13.8 Å². The van der Waals surface area contributed by atoms with Crippen LogP contribution in [0.5, 0.6) is 0 Å². The molecule has 1 unspecified atom stereocenters. The molecular weight excluding hydrogens is 216 g/mol. The Labute approximate surface area is 84.6 Å². The van der Waals surface area contributed by atoms with Crippen LogP contribution in [0.2, 0.25) is 0 Å². The smallest absolute Gasteiger partial charge is 0.299 e. The summed E-state index contributed by atoms with van der Waals surface area (Å²) >= 11 is 0. The number of Topliss-reactive ketones (excluding diaryl/α,β-unsaturated/α-hetero) is 2. The lowest BCUT2D eigenvalue weighted by molar-refractivity contribution is -0.219. The maximum absolute atomic E-state index is 13.0. The molecule has 15 heavy (non-hydrogen) atoms. The molecule has 6 heteroatoms. The molecule has 0 N–H and O–H groups in total. The summed E-state index contributed by atoms with van der Waals surface area (Å²) < 4.78 is 49.1. The minimum atomic E-state index is -5.28. The second-order valence-corrected chi connectivity index (χ2v) is 3.72. The van der Waals surface area contributed by atoms with E-state index in [0.717, 1.165) is 0 Å². The molecule has 88 valence electrons. The molecule has 0 spiro atoms. The van der Waals surface area contributed by atoms with Gasteiger partial charge in [0.15, 0.2) is 5.78 Å². The van der Waals surface area contributed by atoms with Crippen molar-refractivity contribution in [1.82, 2.24) is 0 Å². The third kappa shape index (κ3) is 3.28. The lowest BCUT2D eigenvalue weighted by Crippen LogP contribution is -2.46.